The summed E-state index contributed by atoms with van der Waals surface area (Å²) in [5.41, 5.74) is 12.4. The second-order valence-corrected chi connectivity index (χ2v) is 6.15. The molecule has 0 bridgehead atoms. The maximum absolute atomic E-state index is 2.39. The molecule has 0 unspecified atom stereocenters. The smallest absolute Gasteiger partial charge is 0.00106 e. The van der Waals surface area contributed by atoms with Crippen molar-refractivity contribution in [3.8, 4) is 11.1 Å². The quantitative estimate of drug-likeness (QED) is 0.538. The van der Waals surface area contributed by atoms with Gasteiger partial charge in [0.15, 0.2) is 0 Å². The summed E-state index contributed by atoms with van der Waals surface area (Å²) in [5, 5.41) is 0. The molecule has 0 heterocycles. The van der Waals surface area contributed by atoms with Crippen LogP contribution in [0.3, 0.4) is 0 Å². The van der Waals surface area contributed by atoms with Gasteiger partial charge in [-0.05, 0) is 90.5 Å². The van der Waals surface area contributed by atoms with Crippen molar-refractivity contribution < 1.29 is 0 Å². The zero-order chi connectivity index (χ0) is 13.0. The summed E-state index contributed by atoms with van der Waals surface area (Å²) < 4.78 is 0. The minimum absolute atomic E-state index is 1.14. The van der Waals surface area contributed by atoms with Crippen LogP contribution >= 0.6 is 0 Å². The first-order valence-corrected chi connectivity index (χ1v) is 7.49. The molecule has 0 N–H and O–H groups in total. The van der Waals surface area contributed by atoms with E-state index in [2.05, 4.69) is 38.1 Å². The van der Waals surface area contributed by atoms with E-state index in [9.17, 15) is 0 Å². The Kier molecular flexibility index (Phi) is 2.35. The summed E-state index contributed by atoms with van der Waals surface area (Å²) in [6.07, 6.45) is 6.44. The van der Waals surface area contributed by atoms with Crippen molar-refractivity contribution in [2.24, 2.45) is 0 Å². The number of fused-ring (bicyclic) bond motifs is 5. The van der Waals surface area contributed by atoms with E-state index in [1.54, 1.807) is 27.8 Å². The molecule has 2 aromatic carbocycles. The minimum Gasteiger partial charge on any atom is -0.0584 e. The van der Waals surface area contributed by atoms with Crippen LogP contribution in [0.4, 0.5) is 0 Å². The zero-order valence-electron chi connectivity index (χ0n) is 11.8. The second kappa shape index (κ2) is 3.96. The molecule has 0 aliphatic heterocycles. The van der Waals surface area contributed by atoms with Crippen LogP contribution in [0.15, 0.2) is 24.3 Å². The summed E-state index contributed by atoms with van der Waals surface area (Å²) in [6.45, 7) is 4.51. The van der Waals surface area contributed by atoms with Crippen LogP contribution in [-0.4, -0.2) is 0 Å². The minimum atomic E-state index is 1.14. The molecule has 0 atom stereocenters. The molecule has 2 aliphatic rings. The summed E-state index contributed by atoms with van der Waals surface area (Å²) in [6, 6.07) is 9.43. The molecule has 2 aliphatic carbocycles. The van der Waals surface area contributed by atoms with Crippen molar-refractivity contribution in [2.75, 3.05) is 0 Å². The van der Waals surface area contributed by atoms with Crippen LogP contribution in [0.1, 0.15) is 46.2 Å². The molecule has 0 spiro atoms. The van der Waals surface area contributed by atoms with Crippen molar-refractivity contribution in [2.45, 2.75) is 46.0 Å². The third kappa shape index (κ3) is 1.52. The van der Waals surface area contributed by atoms with Crippen molar-refractivity contribution >= 4 is 0 Å². The molecule has 19 heavy (non-hydrogen) atoms. The lowest BCUT2D eigenvalue weighted by Gasteiger charge is -2.20. The van der Waals surface area contributed by atoms with Crippen molar-refractivity contribution in [1.82, 2.24) is 0 Å². The van der Waals surface area contributed by atoms with Crippen molar-refractivity contribution in [1.29, 1.82) is 0 Å². The van der Waals surface area contributed by atoms with Gasteiger partial charge >= 0.3 is 0 Å². The molecular formula is C19H20. The zero-order valence-corrected chi connectivity index (χ0v) is 11.8. The summed E-state index contributed by atoms with van der Waals surface area (Å²) in [7, 11) is 0. The van der Waals surface area contributed by atoms with E-state index in [1.807, 2.05) is 0 Å². The van der Waals surface area contributed by atoms with Crippen LogP contribution < -0.4 is 0 Å². The first-order valence-electron chi connectivity index (χ1n) is 7.49. The molecule has 2 aromatic rings. The first-order chi connectivity index (χ1) is 9.25. The Balaban J connectivity index is 2.00. The average molecular weight is 248 g/mol. The standard InChI is InChI=1S/C19H20/c1-12-7-10-17-18(13(12)2)11-15-9-8-14-5-3-4-6-16(14)19(15)17/h7-10H,3-6,11H2,1-2H3. The highest BCUT2D eigenvalue weighted by molar-refractivity contribution is 5.82. The van der Waals surface area contributed by atoms with E-state index in [-0.39, 0.29) is 0 Å². The summed E-state index contributed by atoms with van der Waals surface area (Å²) in [5.74, 6) is 0. The van der Waals surface area contributed by atoms with Crippen LogP contribution in [0.25, 0.3) is 11.1 Å². The van der Waals surface area contributed by atoms with Gasteiger partial charge in [0.2, 0.25) is 0 Å². The molecule has 96 valence electrons. The Hall–Kier alpha value is -1.56. The van der Waals surface area contributed by atoms with Gasteiger partial charge in [-0.25, -0.2) is 0 Å². The molecule has 0 amide bonds. The van der Waals surface area contributed by atoms with Gasteiger partial charge in [0.25, 0.3) is 0 Å². The lowest BCUT2D eigenvalue weighted by Crippen LogP contribution is -2.04. The normalized spacial score (nSPS) is 15.9. The second-order valence-electron chi connectivity index (χ2n) is 6.15. The summed E-state index contributed by atoms with van der Waals surface area (Å²) in [4.78, 5) is 0. The molecule has 0 nitrogen and oxygen atoms in total. The molecular weight excluding hydrogens is 228 g/mol. The molecule has 0 saturated carbocycles. The maximum Gasteiger partial charge on any atom is -0.00106 e. The Bertz CT molecular complexity index is 677. The summed E-state index contributed by atoms with van der Waals surface area (Å²) >= 11 is 0. The molecule has 0 fully saturated rings. The van der Waals surface area contributed by atoms with Crippen LogP contribution in [-0.2, 0) is 19.3 Å². The predicted molar refractivity (Wildman–Crippen MR) is 80.8 cm³/mol. The fourth-order valence-corrected chi connectivity index (χ4v) is 3.89. The molecule has 0 radical (unpaired) electrons. The van der Waals surface area contributed by atoms with Crippen molar-refractivity contribution in [3.63, 3.8) is 0 Å². The largest absolute Gasteiger partial charge is 0.0584 e. The third-order valence-electron chi connectivity index (χ3n) is 5.12. The maximum atomic E-state index is 2.39. The number of benzene rings is 2. The van der Waals surface area contributed by atoms with Gasteiger partial charge in [0.1, 0.15) is 0 Å². The molecule has 0 heteroatoms. The van der Waals surface area contributed by atoms with E-state index in [1.165, 1.54) is 42.4 Å². The van der Waals surface area contributed by atoms with Gasteiger partial charge in [0.05, 0.1) is 0 Å². The average Bonchev–Trinajstić information content (AvgIpc) is 2.83. The Labute approximate surface area is 115 Å². The van der Waals surface area contributed by atoms with Gasteiger partial charge in [0, 0.05) is 0 Å². The first kappa shape index (κ1) is 11.3. The molecule has 4 rings (SSSR count). The van der Waals surface area contributed by atoms with Crippen LogP contribution in [0.2, 0.25) is 0 Å². The van der Waals surface area contributed by atoms with Crippen LogP contribution in [0.5, 0.6) is 0 Å². The number of rotatable bonds is 0. The van der Waals surface area contributed by atoms with Gasteiger partial charge in [-0.3, -0.25) is 0 Å². The number of hydrogen-bond donors (Lipinski definition) is 0. The van der Waals surface area contributed by atoms with E-state index < -0.39 is 0 Å². The monoisotopic (exact) mass is 248 g/mol. The van der Waals surface area contributed by atoms with Crippen LogP contribution in [0, 0.1) is 13.8 Å². The van der Waals surface area contributed by atoms with E-state index in [0.29, 0.717) is 0 Å². The topological polar surface area (TPSA) is 0 Å². The molecule has 0 saturated heterocycles. The Morgan fingerprint density at radius 2 is 1.58 bits per heavy atom. The highest BCUT2D eigenvalue weighted by Crippen LogP contribution is 2.43. The highest BCUT2D eigenvalue weighted by Gasteiger charge is 2.25. The van der Waals surface area contributed by atoms with E-state index in [0.717, 1.165) is 6.42 Å². The fourth-order valence-electron chi connectivity index (χ4n) is 3.89. The highest BCUT2D eigenvalue weighted by atomic mass is 14.3. The number of aryl methyl sites for hydroxylation is 2. The van der Waals surface area contributed by atoms with Gasteiger partial charge in [-0.15, -0.1) is 0 Å². The fraction of sp³-hybridized carbons (Fsp3) is 0.368. The third-order valence-corrected chi connectivity index (χ3v) is 5.12. The molecule has 0 aromatic heterocycles. The Morgan fingerprint density at radius 1 is 0.789 bits per heavy atom. The Morgan fingerprint density at radius 3 is 2.47 bits per heavy atom. The number of hydrogen-bond acceptors (Lipinski definition) is 0. The van der Waals surface area contributed by atoms with Gasteiger partial charge in [-0.2, -0.15) is 0 Å². The van der Waals surface area contributed by atoms with Crippen molar-refractivity contribution in [3.05, 3.63) is 57.6 Å². The lowest BCUT2D eigenvalue weighted by atomic mass is 9.85. The SMILES string of the molecule is Cc1ccc2c(c1C)Cc1ccc3c(c1-2)CCCC3. The van der Waals surface area contributed by atoms with E-state index >= 15 is 0 Å². The predicted octanol–water partition coefficient (Wildman–Crippen LogP) is 4.75. The van der Waals surface area contributed by atoms with Gasteiger partial charge < -0.3 is 0 Å². The lowest BCUT2D eigenvalue weighted by molar-refractivity contribution is 0.686. The van der Waals surface area contributed by atoms with Gasteiger partial charge in [-0.1, -0.05) is 24.3 Å². The van der Waals surface area contributed by atoms with E-state index in [4.69, 9.17) is 0 Å².